The first kappa shape index (κ1) is 19.7. The lowest BCUT2D eigenvalue weighted by molar-refractivity contribution is -0.137. The lowest BCUT2D eigenvalue weighted by atomic mass is 10.0. The van der Waals surface area contributed by atoms with Gasteiger partial charge in [-0.1, -0.05) is 24.0 Å². The maximum Gasteiger partial charge on any atom is 0.267 e. The highest BCUT2D eigenvalue weighted by molar-refractivity contribution is 5.97. The van der Waals surface area contributed by atoms with E-state index >= 15 is 0 Å². The van der Waals surface area contributed by atoms with E-state index in [-0.39, 0.29) is 18.1 Å². The molecule has 3 aromatic heterocycles. The largest absolute Gasteiger partial charge is 0.464 e. The summed E-state index contributed by atoms with van der Waals surface area (Å²) in [6.45, 7) is 0.476. The fourth-order valence-electron chi connectivity index (χ4n) is 3.73. The summed E-state index contributed by atoms with van der Waals surface area (Å²) < 4.78 is 5.59. The van der Waals surface area contributed by atoms with Crippen LogP contribution in [0, 0.1) is 11.8 Å². The van der Waals surface area contributed by atoms with Gasteiger partial charge in [0.2, 0.25) is 5.60 Å². The molecule has 3 N–H and O–H groups in total. The highest BCUT2D eigenvalue weighted by Crippen LogP contribution is 2.32. The Morgan fingerprint density at radius 3 is 2.81 bits per heavy atom. The molecule has 0 bridgehead atoms. The molecule has 1 atom stereocenters. The molecule has 1 aromatic carbocycles. The van der Waals surface area contributed by atoms with Crippen molar-refractivity contribution in [2.24, 2.45) is 0 Å². The lowest BCUT2D eigenvalue weighted by Crippen LogP contribution is -2.37. The number of nitrogen functional groups attached to an aromatic ring is 1. The van der Waals surface area contributed by atoms with Crippen LogP contribution in [0.15, 0.2) is 59.5 Å². The smallest absolute Gasteiger partial charge is 0.267 e. The van der Waals surface area contributed by atoms with Gasteiger partial charge in [0, 0.05) is 36.7 Å². The molecule has 5 rings (SSSR count). The summed E-state index contributed by atoms with van der Waals surface area (Å²) in [5, 5.41) is 10.6. The Morgan fingerprint density at radius 1 is 1.19 bits per heavy atom. The molecule has 1 fully saturated rings. The number of amides is 1. The minimum atomic E-state index is -1.65. The number of carbonyl (C=O) groups excluding carboxylic acids is 1. The van der Waals surface area contributed by atoms with E-state index in [9.17, 15) is 9.90 Å². The van der Waals surface area contributed by atoms with Crippen molar-refractivity contribution >= 4 is 22.8 Å². The van der Waals surface area contributed by atoms with Crippen LogP contribution in [0.5, 0.6) is 0 Å². The van der Waals surface area contributed by atoms with E-state index in [0.29, 0.717) is 34.6 Å². The van der Waals surface area contributed by atoms with Crippen molar-refractivity contribution in [1.82, 2.24) is 19.9 Å². The van der Waals surface area contributed by atoms with Crippen LogP contribution in [0.2, 0.25) is 0 Å². The van der Waals surface area contributed by atoms with E-state index in [0.717, 1.165) is 11.1 Å². The number of anilines is 1. The monoisotopic (exact) mass is 425 g/mol. The summed E-state index contributed by atoms with van der Waals surface area (Å²) in [5.41, 5.74) is 8.33. The minimum absolute atomic E-state index is 0.270. The zero-order valence-electron chi connectivity index (χ0n) is 17.2. The van der Waals surface area contributed by atoms with Gasteiger partial charge in [-0.15, -0.1) is 0 Å². The van der Waals surface area contributed by atoms with Crippen LogP contribution >= 0.6 is 0 Å². The third-order valence-electron chi connectivity index (χ3n) is 5.49. The maximum absolute atomic E-state index is 12.2. The number of nitrogens with two attached hydrogens (primary N) is 1. The second-order valence-electron chi connectivity index (χ2n) is 7.66. The van der Waals surface area contributed by atoms with Gasteiger partial charge in [0.05, 0.1) is 12.0 Å². The number of benzene rings is 1. The fraction of sp³-hybridized carbons (Fsp3) is 0.167. The molecule has 0 aliphatic carbocycles. The molecule has 0 spiro atoms. The Bertz CT molecular complexity index is 1400. The van der Waals surface area contributed by atoms with Crippen molar-refractivity contribution in [2.75, 3.05) is 19.3 Å². The summed E-state index contributed by atoms with van der Waals surface area (Å²) in [6, 6.07) is 12.9. The number of furan rings is 1. The number of aromatic nitrogens is 3. The number of aliphatic hydroxyl groups is 1. The van der Waals surface area contributed by atoms with E-state index in [4.69, 9.17) is 10.2 Å². The van der Waals surface area contributed by atoms with Crippen molar-refractivity contribution in [1.29, 1.82) is 0 Å². The quantitative estimate of drug-likeness (QED) is 0.474. The predicted molar refractivity (Wildman–Crippen MR) is 119 cm³/mol. The number of pyridine rings is 1. The van der Waals surface area contributed by atoms with Crippen LogP contribution in [0.3, 0.4) is 0 Å². The van der Waals surface area contributed by atoms with Crippen LogP contribution in [0.1, 0.15) is 12.0 Å². The first-order chi connectivity index (χ1) is 15.4. The van der Waals surface area contributed by atoms with Gasteiger partial charge in [-0.25, -0.2) is 15.0 Å². The molecule has 1 aliphatic heterocycles. The number of rotatable bonds is 2. The Labute approximate surface area is 183 Å². The number of fused-ring (bicyclic) bond motifs is 1. The highest BCUT2D eigenvalue weighted by atomic mass is 16.3. The molecule has 0 radical (unpaired) electrons. The van der Waals surface area contributed by atoms with Gasteiger partial charge in [-0.2, -0.15) is 0 Å². The molecule has 4 aromatic rings. The topological polar surface area (TPSA) is 118 Å². The standard InChI is InChI=1S/C24H19N5O3/c1-29-10-9-24(31,23(29)30)8-7-15-4-2-5-16(12-15)18-13-17(19-6-3-11-32-19)20-21(28-18)22(25)27-14-26-20/h2-6,11-14,31H,9-10H2,1H3,(H2,25,26,27). The average molecular weight is 425 g/mol. The van der Waals surface area contributed by atoms with Gasteiger partial charge in [-0.05, 0) is 30.3 Å². The summed E-state index contributed by atoms with van der Waals surface area (Å²) in [7, 11) is 1.65. The normalized spacial score (nSPS) is 18.1. The molecule has 1 unspecified atom stereocenters. The Morgan fingerprint density at radius 2 is 2.06 bits per heavy atom. The average Bonchev–Trinajstić information content (AvgIpc) is 3.43. The number of hydrogen-bond acceptors (Lipinski definition) is 7. The summed E-state index contributed by atoms with van der Waals surface area (Å²) in [4.78, 5) is 26.7. The molecular formula is C24H19N5O3. The van der Waals surface area contributed by atoms with Crippen molar-refractivity contribution in [2.45, 2.75) is 12.0 Å². The number of hydrogen-bond donors (Lipinski definition) is 2. The molecule has 4 heterocycles. The van der Waals surface area contributed by atoms with E-state index < -0.39 is 5.60 Å². The molecule has 32 heavy (non-hydrogen) atoms. The molecule has 8 heteroatoms. The van der Waals surface area contributed by atoms with Gasteiger partial charge in [0.15, 0.2) is 5.82 Å². The van der Waals surface area contributed by atoms with E-state index in [1.54, 1.807) is 19.4 Å². The zero-order valence-corrected chi connectivity index (χ0v) is 17.2. The molecule has 1 saturated heterocycles. The first-order valence-electron chi connectivity index (χ1n) is 10.0. The van der Waals surface area contributed by atoms with Crippen molar-refractivity contribution in [3.05, 3.63) is 60.6 Å². The van der Waals surface area contributed by atoms with Gasteiger partial charge < -0.3 is 20.2 Å². The van der Waals surface area contributed by atoms with Crippen LogP contribution < -0.4 is 5.73 Å². The Balaban J connectivity index is 1.60. The molecular weight excluding hydrogens is 406 g/mol. The molecule has 1 amide bonds. The van der Waals surface area contributed by atoms with Crippen molar-refractivity contribution < 1.29 is 14.3 Å². The van der Waals surface area contributed by atoms with Gasteiger partial charge in [-0.3, -0.25) is 4.79 Å². The van der Waals surface area contributed by atoms with Gasteiger partial charge in [0.1, 0.15) is 23.1 Å². The summed E-state index contributed by atoms with van der Waals surface area (Å²) >= 11 is 0. The maximum atomic E-state index is 12.2. The van der Waals surface area contributed by atoms with Crippen LogP contribution in [0.25, 0.3) is 33.6 Å². The second-order valence-corrected chi connectivity index (χ2v) is 7.66. The van der Waals surface area contributed by atoms with Crippen molar-refractivity contribution in [3.63, 3.8) is 0 Å². The molecule has 158 valence electrons. The summed E-state index contributed by atoms with van der Waals surface area (Å²) in [5.74, 6) is 6.21. The van der Waals surface area contributed by atoms with E-state index in [1.807, 2.05) is 36.4 Å². The SMILES string of the molecule is CN1CCC(O)(C#Cc2cccc(-c3cc(-c4ccco4)c4ncnc(N)c4n3)c2)C1=O. The van der Waals surface area contributed by atoms with Gasteiger partial charge >= 0.3 is 0 Å². The number of carbonyl (C=O) groups is 1. The highest BCUT2D eigenvalue weighted by Gasteiger charge is 2.42. The summed E-state index contributed by atoms with van der Waals surface area (Å²) in [6.07, 6.45) is 3.27. The van der Waals surface area contributed by atoms with E-state index in [1.165, 1.54) is 11.2 Å². The van der Waals surface area contributed by atoms with Crippen molar-refractivity contribution in [3.8, 4) is 34.4 Å². The minimum Gasteiger partial charge on any atom is -0.464 e. The molecule has 1 aliphatic rings. The Hall–Kier alpha value is -4.22. The van der Waals surface area contributed by atoms with Crippen LogP contribution in [-0.4, -0.2) is 50.1 Å². The third kappa shape index (κ3) is 3.35. The number of nitrogens with zero attached hydrogens (tertiary/aromatic N) is 4. The molecule has 8 nitrogen and oxygen atoms in total. The zero-order chi connectivity index (χ0) is 22.3. The number of likely N-dealkylation sites (N-methyl/N-ethyl adjacent to an activating group) is 1. The van der Waals surface area contributed by atoms with E-state index in [2.05, 4.69) is 26.8 Å². The van der Waals surface area contributed by atoms with Crippen LogP contribution in [0.4, 0.5) is 5.82 Å². The van der Waals surface area contributed by atoms with Crippen LogP contribution in [-0.2, 0) is 4.79 Å². The number of likely N-dealkylation sites (tertiary alicyclic amines) is 1. The first-order valence-corrected chi connectivity index (χ1v) is 10.0. The third-order valence-corrected chi connectivity index (χ3v) is 5.49. The fourth-order valence-corrected chi connectivity index (χ4v) is 3.73. The Kier molecular flexibility index (Phi) is 4.61. The predicted octanol–water partition coefficient (Wildman–Crippen LogP) is 2.48. The second kappa shape index (κ2) is 7.48. The van der Waals surface area contributed by atoms with Gasteiger partial charge in [0.25, 0.3) is 5.91 Å². The lowest BCUT2D eigenvalue weighted by Gasteiger charge is -2.13. The molecule has 0 saturated carbocycles.